The van der Waals surface area contributed by atoms with E-state index in [1.807, 2.05) is 0 Å². The second kappa shape index (κ2) is 10.3. The molecule has 0 saturated carbocycles. The molecule has 0 aliphatic heterocycles. The molecule has 80 valence electrons. The molecule has 0 amide bonds. The normalized spacial score (nSPS) is 13.2. The Morgan fingerprint density at radius 1 is 1.15 bits per heavy atom. The average Bonchev–Trinajstić information content (AvgIpc) is 2.16. The predicted octanol–water partition coefficient (Wildman–Crippen LogP) is 3.42. The number of rotatable bonds is 9. The van der Waals surface area contributed by atoms with Crippen LogP contribution in [0.2, 0.25) is 0 Å². The maximum absolute atomic E-state index is 5.69. The van der Waals surface area contributed by atoms with Crippen molar-refractivity contribution in [3.05, 3.63) is 0 Å². The van der Waals surface area contributed by atoms with Gasteiger partial charge in [-0.1, -0.05) is 39.5 Å². The summed E-state index contributed by atoms with van der Waals surface area (Å²) in [5.41, 5.74) is 0. The summed E-state index contributed by atoms with van der Waals surface area (Å²) in [6.45, 7) is 6.65. The maximum Gasteiger partial charge on any atom is 0.0261 e. The van der Waals surface area contributed by atoms with E-state index in [-0.39, 0.29) is 0 Å². The van der Waals surface area contributed by atoms with Gasteiger partial charge in [-0.25, -0.2) is 0 Å². The maximum atomic E-state index is 5.69. The Hall–Kier alpha value is 0.250. The SMILES string of the molecule is CCCCCCCNCC(C)CCl. The monoisotopic (exact) mass is 205 g/mol. The Morgan fingerprint density at radius 3 is 2.46 bits per heavy atom. The zero-order chi connectivity index (χ0) is 9.94. The largest absolute Gasteiger partial charge is 0.316 e. The number of halogens is 1. The van der Waals surface area contributed by atoms with Gasteiger partial charge >= 0.3 is 0 Å². The lowest BCUT2D eigenvalue weighted by Gasteiger charge is -2.08. The van der Waals surface area contributed by atoms with E-state index in [2.05, 4.69) is 19.2 Å². The van der Waals surface area contributed by atoms with E-state index in [4.69, 9.17) is 11.6 Å². The van der Waals surface area contributed by atoms with Crippen LogP contribution >= 0.6 is 11.6 Å². The molecule has 0 rings (SSSR count). The molecule has 2 heteroatoms. The summed E-state index contributed by atoms with van der Waals surface area (Å²) in [5.74, 6) is 1.38. The molecule has 0 aromatic heterocycles. The predicted molar refractivity (Wildman–Crippen MR) is 61.5 cm³/mol. The lowest BCUT2D eigenvalue weighted by Crippen LogP contribution is -2.22. The zero-order valence-corrected chi connectivity index (χ0v) is 9.87. The number of alkyl halides is 1. The summed E-state index contributed by atoms with van der Waals surface area (Å²) in [7, 11) is 0. The van der Waals surface area contributed by atoms with E-state index in [0.29, 0.717) is 5.92 Å². The van der Waals surface area contributed by atoms with Crippen LogP contribution in [0.15, 0.2) is 0 Å². The van der Waals surface area contributed by atoms with Gasteiger partial charge in [0.2, 0.25) is 0 Å². The van der Waals surface area contributed by atoms with E-state index >= 15 is 0 Å². The fourth-order valence-electron chi connectivity index (χ4n) is 1.26. The van der Waals surface area contributed by atoms with Gasteiger partial charge in [-0.15, -0.1) is 11.6 Å². The minimum Gasteiger partial charge on any atom is -0.316 e. The van der Waals surface area contributed by atoms with Gasteiger partial charge in [0.1, 0.15) is 0 Å². The fraction of sp³-hybridized carbons (Fsp3) is 1.00. The molecule has 0 aromatic rings. The first kappa shape index (κ1) is 13.2. The number of nitrogens with one attached hydrogen (secondary N) is 1. The Morgan fingerprint density at radius 2 is 1.85 bits per heavy atom. The van der Waals surface area contributed by atoms with Crippen LogP contribution in [0.25, 0.3) is 0 Å². The van der Waals surface area contributed by atoms with Crippen LogP contribution in [0.3, 0.4) is 0 Å². The van der Waals surface area contributed by atoms with Gasteiger partial charge in [-0.2, -0.15) is 0 Å². The van der Waals surface area contributed by atoms with E-state index in [1.54, 1.807) is 0 Å². The van der Waals surface area contributed by atoms with Crippen molar-refractivity contribution in [2.24, 2.45) is 5.92 Å². The second-order valence-corrected chi connectivity index (χ2v) is 4.19. The first-order chi connectivity index (χ1) is 6.31. The third-order valence-electron chi connectivity index (χ3n) is 2.21. The number of hydrogen-bond donors (Lipinski definition) is 1. The van der Waals surface area contributed by atoms with Crippen LogP contribution in [-0.2, 0) is 0 Å². The highest BCUT2D eigenvalue weighted by Gasteiger charge is 1.97. The van der Waals surface area contributed by atoms with Crippen molar-refractivity contribution in [2.45, 2.75) is 46.0 Å². The highest BCUT2D eigenvalue weighted by Crippen LogP contribution is 2.01. The van der Waals surface area contributed by atoms with Crippen LogP contribution in [-0.4, -0.2) is 19.0 Å². The minimum absolute atomic E-state index is 0.609. The Bertz CT molecular complexity index is 96.1. The summed E-state index contributed by atoms with van der Waals surface area (Å²) in [6.07, 6.45) is 6.79. The molecular formula is C11H24ClN. The van der Waals surface area contributed by atoms with E-state index in [0.717, 1.165) is 19.0 Å². The molecule has 0 aliphatic carbocycles. The third kappa shape index (κ3) is 10.2. The Kier molecular flexibility index (Phi) is 10.5. The molecule has 0 spiro atoms. The molecule has 0 fully saturated rings. The van der Waals surface area contributed by atoms with E-state index in [9.17, 15) is 0 Å². The molecule has 0 radical (unpaired) electrons. The smallest absolute Gasteiger partial charge is 0.0261 e. The van der Waals surface area contributed by atoms with Crippen molar-refractivity contribution in [1.29, 1.82) is 0 Å². The summed E-state index contributed by atoms with van der Waals surface area (Å²) < 4.78 is 0. The molecule has 1 N–H and O–H groups in total. The number of unbranched alkanes of at least 4 members (excludes halogenated alkanes) is 4. The van der Waals surface area contributed by atoms with Crippen molar-refractivity contribution in [3.8, 4) is 0 Å². The molecule has 0 heterocycles. The summed E-state index contributed by atoms with van der Waals surface area (Å²) >= 11 is 5.69. The molecule has 1 atom stereocenters. The van der Waals surface area contributed by atoms with Crippen LogP contribution in [0.4, 0.5) is 0 Å². The molecule has 0 aliphatic rings. The average molecular weight is 206 g/mol. The quantitative estimate of drug-likeness (QED) is 0.449. The standard InChI is InChI=1S/C11H24ClN/c1-3-4-5-6-7-8-13-10-11(2)9-12/h11,13H,3-10H2,1-2H3. The van der Waals surface area contributed by atoms with Crippen molar-refractivity contribution in [2.75, 3.05) is 19.0 Å². The first-order valence-electron chi connectivity index (χ1n) is 5.58. The van der Waals surface area contributed by atoms with Crippen LogP contribution in [0, 0.1) is 5.92 Å². The van der Waals surface area contributed by atoms with Gasteiger partial charge in [0.15, 0.2) is 0 Å². The molecule has 1 nitrogen and oxygen atoms in total. The molecule has 0 bridgehead atoms. The molecule has 0 aromatic carbocycles. The van der Waals surface area contributed by atoms with Gasteiger partial charge in [0.25, 0.3) is 0 Å². The number of hydrogen-bond acceptors (Lipinski definition) is 1. The zero-order valence-electron chi connectivity index (χ0n) is 9.11. The highest BCUT2D eigenvalue weighted by molar-refractivity contribution is 6.18. The van der Waals surface area contributed by atoms with Gasteiger partial charge in [0.05, 0.1) is 0 Å². The lowest BCUT2D eigenvalue weighted by molar-refractivity contribution is 0.528. The summed E-state index contributed by atoms with van der Waals surface area (Å²) in [6, 6.07) is 0. The van der Waals surface area contributed by atoms with Gasteiger partial charge in [-0.05, 0) is 25.4 Å². The van der Waals surface area contributed by atoms with E-state index < -0.39 is 0 Å². The Balaban J connectivity index is 2.91. The Labute approximate surface area is 88.2 Å². The first-order valence-corrected chi connectivity index (χ1v) is 6.11. The van der Waals surface area contributed by atoms with Crippen molar-refractivity contribution >= 4 is 11.6 Å². The molecule has 0 saturated heterocycles. The fourth-order valence-corrected chi connectivity index (χ4v) is 1.37. The van der Waals surface area contributed by atoms with Crippen molar-refractivity contribution in [1.82, 2.24) is 5.32 Å². The second-order valence-electron chi connectivity index (χ2n) is 3.88. The van der Waals surface area contributed by atoms with E-state index in [1.165, 1.54) is 32.1 Å². The summed E-state index contributed by atoms with van der Waals surface area (Å²) in [5, 5.41) is 3.43. The van der Waals surface area contributed by atoms with Crippen molar-refractivity contribution < 1.29 is 0 Å². The topological polar surface area (TPSA) is 12.0 Å². The highest BCUT2D eigenvalue weighted by atomic mass is 35.5. The van der Waals surface area contributed by atoms with Gasteiger partial charge in [-0.3, -0.25) is 0 Å². The van der Waals surface area contributed by atoms with Crippen molar-refractivity contribution in [3.63, 3.8) is 0 Å². The van der Waals surface area contributed by atoms with Crippen LogP contribution in [0.1, 0.15) is 46.0 Å². The van der Waals surface area contributed by atoms with Gasteiger partial charge < -0.3 is 5.32 Å². The van der Waals surface area contributed by atoms with Crippen LogP contribution < -0.4 is 5.32 Å². The van der Waals surface area contributed by atoms with Gasteiger partial charge in [0, 0.05) is 5.88 Å². The molecule has 1 unspecified atom stereocenters. The molecule has 13 heavy (non-hydrogen) atoms. The minimum atomic E-state index is 0.609. The molecular weight excluding hydrogens is 182 g/mol. The third-order valence-corrected chi connectivity index (χ3v) is 2.74. The lowest BCUT2D eigenvalue weighted by atomic mass is 10.1. The summed E-state index contributed by atoms with van der Waals surface area (Å²) in [4.78, 5) is 0. The van der Waals surface area contributed by atoms with Crippen LogP contribution in [0.5, 0.6) is 0 Å².